The summed E-state index contributed by atoms with van der Waals surface area (Å²) in [6, 6.07) is 8.93. The number of aliphatic imine (C=N–C) groups is 1. The van der Waals surface area contributed by atoms with Gasteiger partial charge in [-0.25, -0.2) is 4.85 Å². The summed E-state index contributed by atoms with van der Waals surface area (Å²) in [6.07, 6.45) is -1.25. The highest BCUT2D eigenvalue weighted by Crippen LogP contribution is 2.35. The van der Waals surface area contributed by atoms with Crippen molar-refractivity contribution in [1.29, 1.82) is 0 Å². The first-order chi connectivity index (χ1) is 18.2. The number of rotatable bonds is 5. The zero-order chi connectivity index (χ0) is 26.9. The van der Waals surface area contributed by atoms with E-state index in [1.165, 1.54) is 28.6 Å². The van der Waals surface area contributed by atoms with E-state index in [1.807, 2.05) is 6.07 Å². The molecule has 0 spiro atoms. The van der Waals surface area contributed by atoms with Crippen molar-refractivity contribution in [1.82, 2.24) is 19.6 Å². The summed E-state index contributed by atoms with van der Waals surface area (Å²) < 4.78 is 42.3. The lowest BCUT2D eigenvalue weighted by Crippen LogP contribution is -2.48. The molecule has 12 heteroatoms. The number of piperazine rings is 1. The number of carbonyl (C=O) groups excluding carboxylic acids is 1. The first kappa shape index (κ1) is 26.0. The molecule has 2 aromatic carbocycles. The van der Waals surface area contributed by atoms with E-state index in [-0.39, 0.29) is 30.3 Å². The zero-order valence-electron chi connectivity index (χ0n) is 20.1. The number of alkyl halides is 3. The van der Waals surface area contributed by atoms with Gasteiger partial charge in [0.05, 0.1) is 41.9 Å². The summed E-state index contributed by atoms with van der Waals surface area (Å²) in [4.78, 5) is 24.6. The number of aliphatic hydroxyl groups is 1. The van der Waals surface area contributed by atoms with Crippen molar-refractivity contribution in [2.75, 3.05) is 39.3 Å². The molecule has 3 heterocycles. The maximum atomic E-state index is 13.6. The van der Waals surface area contributed by atoms with Crippen molar-refractivity contribution in [2.24, 2.45) is 4.99 Å². The SMILES string of the molecule is [C-]#[N+]c1ccc(Cn2ncc3cc(C=C4SC(N5CCN(CCO)CC5)=NC4=O)ccc32)c(C(F)(F)F)c1. The maximum absolute atomic E-state index is 13.6. The van der Waals surface area contributed by atoms with Gasteiger partial charge in [0.2, 0.25) is 0 Å². The fourth-order valence-corrected chi connectivity index (χ4v) is 5.47. The second-order valence-corrected chi connectivity index (χ2v) is 9.94. The molecule has 1 amide bonds. The smallest absolute Gasteiger partial charge is 0.395 e. The maximum Gasteiger partial charge on any atom is 0.415 e. The van der Waals surface area contributed by atoms with Crippen LogP contribution in [0, 0.1) is 6.57 Å². The number of halogens is 3. The molecule has 1 aromatic heterocycles. The van der Waals surface area contributed by atoms with E-state index in [4.69, 9.17) is 11.7 Å². The third kappa shape index (κ3) is 5.45. The Hall–Kier alpha value is -3.66. The van der Waals surface area contributed by atoms with Gasteiger partial charge in [0, 0.05) is 38.1 Å². The Balaban J connectivity index is 1.32. The summed E-state index contributed by atoms with van der Waals surface area (Å²) in [5.74, 6) is -0.305. The molecule has 0 radical (unpaired) electrons. The molecule has 0 bridgehead atoms. The predicted octanol–water partition coefficient (Wildman–Crippen LogP) is 4.23. The van der Waals surface area contributed by atoms with E-state index in [0.717, 1.165) is 43.2 Å². The summed E-state index contributed by atoms with van der Waals surface area (Å²) in [6.45, 7) is 10.7. The summed E-state index contributed by atoms with van der Waals surface area (Å²) in [5.41, 5.74) is 0.515. The van der Waals surface area contributed by atoms with Gasteiger partial charge in [-0.05, 0) is 47.2 Å². The van der Waals surface area contributed by atoms with Crippen LogP contribution in [0.15, 0.2) is 52.5 Å². The van der Waals surface area contributed by atoms with Crippen LogP contribution in [0.25, 0.3) is 21.8 Å². The highest BCUT2D eigenvalue weighted by atomic mass is 32.2. The minimum absolute atomic E-state index is 0.0240. The number of amides is 1. The van der Waals surface area contributed by atoms with Crippen LogP contribution in [0.1, 0.15) is 16.7 Å². The third-order valence-electron chi connectivity index (χ3n) is 6.48. The van der Waals surface area contributed by atoms with Gasteiger partial charge in [-0.1, -0.05) is 18.2 Å². The lowest BCUT2D eigenvalue weighted by molar-refractivity contribution is -0.138. The lowest BCUT2D eigenvalue weighted by atomic mass is 10.1. The monoisotopic (exact) mass is 540 g/mol. The molecule has 2 aliphatic rings. The second-order valence-electron chi connectivity index (χ2n) is 8.93. The van der Waals surface area contributed by atoms with Gasteiger partial charge in [-0.3, -0.25) is 14.4 Å². The molecule has 1 N–H and O–H groups in total. The van der Waals surface area contributed by atoms with Gasteiger partial charge in [-0.15, -0.1) is 0 Å². The van der Waals surface area contributed by atoms with Gasteiger partial charge >= 0.3 is 6.18 Å². The molecular weight excluding hydrogens is 517 g/mol. The molecule has 8 nitrogen and oxygen atoms in total. The molecule has 38 heavy (non-hydrogen) atoms. The molecule has 0 aliphatic carbocycles. The largest absolute Gasteiger partial charge is 0.415 e. The van der Waals surface area contributed by atoms with Crippen molar-refractivity contribution in [3.8, 4) is 0 Å². The minimum atomic E-state index is -4.59. The van der Waals surface area contributed by atoms with Crippen LogP contribution < -0.4 is 0 Å². The number of benzene rings is 2. The number of aromatic nitrogens is 2. The average Bonchev–Trinajstić information content (AvgIpc) is 3.47. The molecule has 1 saturated heterocycles. The van der Waals surface area contributed by atoms with Gasteiger partial charge < -0.3 is 10.0 Å². The average molecular weight is 541 g/mol. The molecule has 0 saturated carbocycles. The van der Waals surface area contributed by atoms with Crippen LogP contribution in [0.3, 0.4) is 0 Å². The van der Waals surface area contributed by atoms with Crippen molar-refractivity contribution in [3.63, 3.8) is 0 Å². The highest BCUT2D eigenvalue weighted by molar-refractivity contribution is 8.18. The van der Waals surface area contributed by atoms with Crippen LogP contribution in [0.2, 0.25) is 0 Å². The molecule has 0 atom stereocenters. The second kappa shape index (κ2) is 10.6. The molecule has 2 aliphatic heterocycles. The Bertz CT molecular complexity index is 1480. The number of nitrogens with zero attached hydrogens (tertiary/aromatic N) is 6. The Kier molecular flexibility index (Phi) is 7.25. The van der Waals surface area contributed by atoms with E-state index in [2.05, 4.69) is 24.7 Å². The minimum Gasteiger partial charge on any atom is -0.395 e. The van der Waals surface area contributed by atoms with E-state index < -0.39 is 11.7 Å². The van der Waals surface area contributed by atoms with Gasteiger partial charge in [0.15, 0.2) is 10.9 Å². The molecule has 5 rings (SSSR count). The number of amidine groups is 1. The number of carbonyl (C=O) groups is 1. The van der Waals surface area contributed by atoms with Crippen molar-refractivity contribution < 1.29 is 23.1 Å². The number of hydrogen-bond acceptors (Lipinski definition) is 6. The van der Waals surface area contributed by atoms with Gasteiger partial charge in [0.1, 0.15) is 0 Å². The Labute approximate surface area is 220 Å². The molecular formula is C26H23F3N6O2S. The molecule has 0 unspecified atom stereocenters. The molecule has 196 valence electrons. The van der Waals surface area contributed by atoms with Gasteiger partial charge in [0.25, 0.3) is 5.91 Å². The van der Waals surface area contributed by atoms with Crippen LogP contribution in [0.5, 0.6) is 0 Å². The van der Waals surface area contributed by atoms with E-state index in [9.17, 15) is 18.0 Å². The first-order valence-electron chi connectivity index (χ1n) is 11.9. The standard InChI is InChI=1S/C26H23F3N6O2S/c1-30-20-4-3-18(21(14-20)26(27,28)29)16-35-22-5-2-17(12-19(22)15-31-35)13-23-24(37)32-25(38-23)34-8-6-33(7-9-34)10-11-36/h2-5,12-15,36H,6-11,16H2. The van der Waals surface area contributed by atoms with E-state index in [0.29, 0.717) is 22.1 Å². The van der Waals surface area contributed by atoms with Crippen molar-refractivity contribution in [2.45, 2.75) is 12.7 Å². The van der Waals surface area contributed by atoms with Crippen LogP contribution >= 0.6 is 11.8 Å². The number of β-amino-alcohol motifs (C(OH)–C–C–N with tert-alkyl or cyclic N) is 1. The third-order valence-corrected chi connectivity index (χ3v) is 7.52. The fourth-order valence-electron chi connectivity index (χ4n) is 4.51. The Morgan fingerprint density at radius 1 is 1.13 bits per heavy atom. The lowest BCUT2D eigenvalue weighted by Gasteiger charge is -2.34. The summed E-state index contributed by atoms with van der Waals surface area (Å²) in [7, 11) is 0. The predicted molar refractivity (Wildman–Crippen MR) is 140 cm³/mol. The van der Waals surface area contributed by atoms with Crippen LogP contribution in [0.4, 0.5) is 18.9 Å². The quantitative estimate of drug-likeness (QED) is 0.386. The van der Waals surface area contributed by atoms with Crippen molar-refractivity contribution >= 4 is 45.5 Å². The number of hydrogen-bond donors (Lipinski definition) is 1. The Morgan fingerprint density at radius 3 is 2.63 bits per heavy atom. The first-order valence-corrected chi connectivity index (χ1v) is 12.7. The Morgan fingerprint density at radius 2 is 1.92 bits per heavy atom. The topological polar surface area (TPSA) is 78.3 Å². The molecule has 3 aromatic rings. The normalized spacial score (nSPS) is 17.9. The number of thioether (sulfide) groups is 1. The molecule has 1 fully saturated rings. The number of aliphatic hydroxyl groups excluding tert-OH is 1. The van der Waals surface area contributed by atoms with E-state index >= 15 is 0 Å². The summed E-state index contributed by atoms with van der Waals surface area (Å²) >= 11 is 1.33. The van der Waals surface area contributed by atoms with Crippen molar-refractivity contribution in [3.05, 3.63) is 75.6 Å². The highest BCUT2D eigenvalue weighted by Gasteiger charge is 2.33. The van der Waals surface area contributed by atoms with Crippen LogP contribution in [-0.4, -0.2) is 75.1 Å². The zero-order valence-corrected chi connectivity index (χ0v) is 21.0. The van der Waals surface area contributed by atoms with Gasteiger partial charge in [-0.2, -0.15) is 23.3 Å². The van der Waals surface area contributed by atoms with Crippen LogP contribution in [-0.2, 0) is 17.5 Å². The summed E-state index contributed by atoms with van der Waals surface area (Å²) in [5, 5.41) is 14.8. The fraction of sp³-hybridized carbons (Fsp3) is 0.308. The number of fused-ring (bicyclic) bond motifs is 1. The van der Waals surface area contributed by atoms with E-state index in [1.54, 1.807) is 24.4 Å².